The fourth-order valence-corrected chi connectivity index (χ4v) is 3.57. The van der Waals surface area contributed by atoms with Crippen LogP contribution in [0.15, 0.2) is 65.4 Å². The lowest BCUT2D eigenvalue weighted by molar-refractivity contribution is -0.394. The molecule has 1 N–H and O–H groups in total. The third kappa shape index (κ3) is 5.73. The first-order valence-electron chi connectivity index (χ1n) is 9.32. The van der Waals surface area contributed by atoms with E-state index in [-0.39, 0.29) is 12.2 Å². The van der Waals surface area contributed by atoms with Crippen LogP contribution in [0.1, 0.15) is 27.5 Å². The van der Waals surface area contributed by atoms with Crippen molar-refractivity contribution in [1.82, 2.24) is 5.32 Å². The van der Waals surface area contributed by atoms with Crippen molar-refractivity contribution in [1.29, 1.82) is 0 Å². The number of rotatable bonds is 9. The Balaban J connectivity index is 1.81. The van der Waals surface area contributed by atoms with Crippen molar-refractivity contribution in [3.8, 4) is 0 Å². The van der Waals surface area contributed by atoms with Gasteiger partial charge < -0.3 is 10.1 Å². The number of nitrogens with one attached hydrogen (secondary N) is 1. The van der Waals surface area contributed by atoms with Crippen LogP contribution in [-0.2, 0) is 16.0 Å². The first kappa shape index (κ1) is 22.6. The topological polar surface area (TPSA) is 142 Å². The van der Waals surface area contributed by atoms with Gasteiger partial charge in [-0.15, -0.1) is 0 Å². The van der Waals surface area contributed by atoms with Gasteiger partial charge in [-0.05, 0) is 28.0 Å². The average Bonchev–Trinajstić information content (AvgIpc) is 3.31. The molecule has 0 aliphatic rings. The molecule has 0 fully saturated rings. The Labute approximate surface area is 185 Å². The van der Waals surface area contributed by atoms with Gasteiger partial charge in [0.1, 0.15) is 0 Å². The summed E-state index contributed by atoms with van der Waals surface area (Å²) in [6, 6.07) is 11.6. The average molecular weight is 455 g/mol. The van der Waals surface area contributed by atoms with E-state index in [0.29, 0.717) is 12.0 Å². The van der Waals surface area contributed by atoms with Crippen LogP contribution < -0.4 is 5.32 Å². The minimum atomic E-state index is -1.20. The Morgan fingerprint density at radius 3 is 2.22 bits per heavy atom. The summed E-state index contributed by atoms with van der Waals surface area (Å²) in [4.78, 5) is 46.0. The molecule has 3 rings (SSSR count). The SMILES string of the molecule is O=C(N[C@@H](C(=O)OCCc1ccsc1)c1ccccc1)c1cc([N+](=O)[O-])cc([N+](=O)[O-])c1. The highest BCUT2D eigenvalue weighted by atomic mass is 32.1. The maximum absolute atomic E-state index is 12.8. The zero-order chi connectivity index (χ0) is 23.1. The molecule has 0 radical (unpaired) electrons. The number of nitrogens with zero attached hydrogens (tertiary/aromatic N) is 2. The lowest BCUT2D eigenvalue weighted by atomic mass is 10.1. The van der Waals surface area contributed by atoms with Gasteiger partial charge in [-0.1, -0.05) is 30.3 Å². The van der Waals surface area contributed by atoms with Crippen LogP contribution in [0.3, 0.4) is 0 Å². The summed E-state index contributed by atoms with van der Waals surface area (Å²) in [6.45, 7) is 0.0943. The van der Waals surface area contributed by atoms with Gasteiger partial charge in [0, 0.05) is 18.6 Å². The van der Waals surface area contributed by atoms with E-state index < -0.39 is 39.1 Å². The third-order valence-electron chi connectivity index (χ3n) is 4.45. The molecule has 1 amide bonds. The molecule has 0 saturated heterocycles. The highest BCUT2D eigenvalue weighted by molar-refractivity contribution is 7.07. The lowest BCUT2D eigenvalue weighted by Crippen LogP contribution is -2.35. The summed E-state index contributed by atoms with van der Waals surface area (Å²) in [6.07, 6.45) is 0.502. The zero-order valence-electron chi connectivity index (χ0n) is 16.5. The highest BCUT2D eigenvalue weighted by Gasteiger charge is 2.27. The summed E-state index contributed by atoms with van der Waals surface area (Å²) >= 11 is 1.52. The fourth-order valence-electron chi connectivity index (χ4n) is 2.86. The normalized spacial score (nSPS) is 11.4. The molecule has 164 valence electrons. The molecule has 0 aliphatic heterocycles. The van der Waals surface area contributed by atoms with Crippen LogP contribution >= 0.6 is 11.3 Å². The molecular formula is C21H17N3O7S. The van der Waals surface area contributed by atoms with Crippen LogP contribution in [0.25, 0.3) is 0 Å². The third-order valence-corrected chi connectivity index (χ3v) is 5.18. The number of carbonyl (C=O) groups is 2. The number of nitro groups is 2. The maximum atomic E-state index is 12.8. The van der Waals surface area contributed by atoms with E-state index in [1.165, 1.54) is 11.3 Å². The summed E-state index contributed by atoms with van der Waals surface area (Å²) in [7, 11) is 0. The molecule has 1 heterocycles. The van der Waals surface area contributed by atoms with E-state index in [0.717, 1.165) is 23.8 Å². The molecule has 3 aromatic rings. The molecule has 0 aliphatic carbocycles. The minimum Gasteiger partial charge on any atom is -0.464 e. The second-order valence-electron chi connectivity index (χ2n) is 6.62. The van der Waals surface area contributed by atoms with Gasteiger partial charge in [0.05, 0.1) is 28.1 Å². The summed E-state index contributed by atoms with van der Waals surface area (Å²) in [5, 5.41) is 28.5. The summed E-state index contributed by atoms with van der Waals surface area (Å²) in [5.74, 6) is -1.61. The quantitative estimate of drug-likeness (QED) is 0.294. The monoisotopic (exact) mass is 455 g/mol. The first-order valence-corrected chi connectivity index (χ1v) is 10.3. The number of carbonyl (C=O) groups excluding carboxylic acids is 2. The van der Waals surface area contributed by atoms with Crippen LogP contribution in [0, 0.1) is 20.2 Å². The fraction of sp³-hybridized carbons (Fsp3) is 0.143. The van der Waals surface area contributed by atoms with Crippen molar-refractivity contribution < 1.29 is 24.2 Å². The summed E-state index contributed by atoms with van der Waals surface area (Å²) in [5.41, 5.74) is -0.107. The van der Waals surface area contributed by atoms with E-state index >= 15 is 0 Å². The number of thiophene rings is 1. The van der Waals surface area contributed by atoms with Crippen molar-refractivity contribution in [3.63, 3.8) is 0 Å². The van der Waals surface area contributed by atoms with Crippen molar-refractivity contribution in [2.75, 3.05) is 6.61 Å². The molecule has 0 saturated carbocycles. The number of benzene rings is 2. The van der Waals surface area contributed by atoms with E-state index in [1.54, 1.807) is 30.3 Å². The molecule has 10 nitrogen and oxygen atoms in total. The van der Waals surface area contributed by atoms with E-state index in [2.05, 4.69) is 5.32 Å². The number of hydrogen-bond acceptors (Lipinski definition) is 8. The number of non-ortho nitro benzene ring substituents is 2. The van der Waals surface area contributed by atoms with Gasteiger partial charge >= 0.3 is 5.97 Å². The Bertz CT molecular complexity index is 1100. The van der Waals surface area contributed by atoms with Crippen molar-refractivity contribution in [3.05, 3.63) is 102 Å². The number of nitro benzene ring substituents is 2. The molecule has 32 heavy (non-hydrogen) atoms. The van der Waals surface area contributed by atoms with Gasteiger partial charge in [-0.2, -0.15) is 11.3 Å². The molecule has 2 aromatic carbocycles. The Morgan fingerprint density at radius 2 is 1.66 bits per heavy atom. The molecule has 1 aromatic heterocycles. The van der Waals surface area contributed by atoms with Crippen molar-refractivity contribution in [2.24, 2.45) is 0 Å². The van der Waals surface area contributed by atoms with Gasteiger partial charge in [0.25, 0.3) is 17.3 Å². The first-order chi connectivity index (χ1) is 15.3. The maximum Gasteiger partial charge on any atom is 0.333 e. The second-order valence-corrected chi connectivity index (χ2v) is 7.40. The standard InChI is InChI=1S/C21H17N3O7S/c25-20(16-10-17(23(27)28)12-18(11-16)24(29)30)22-19(15-4-2-1-3-5-15)21(26)31-8-6-14-7-9-32-13-14/h1-5,7,9-13,19H,6,8H2,(H,22,25)/t19-/m1/s1. The Hall–Kier alpha value is -4.12. The molecule has 0 spiro atoms. The minimum absolute atomic E-state index is 0.0943. The van der Waals surface area contributed by atoms with Gasteiger partial charge in [-0.25, -0.2) is 4.79 Å². The highest BCUT2D eigenvalue weighted by Crippen LogP contribution is 2.24. The lowest BCUT2D eigenvalue weighted by Gasteiger charge is -2.18. The van der Waals surface area contributed by atoms with Crippen LogP contribution in [-0.4, -0.2) is 28.3 Å². The van der Waals surface area contributed by atoms with Crippen LogP contribution in [0.2, 0.25) is 0 Å². The molecule has 1 atom stereocenters. The smallest absolute Gasteiger partial charge is 0.333 e. The predicted octanol–water partition coefficient (Wildman–Crippen LogP) is 3.82. The summed E-state index contributed by atoms with van der Waals surface area (Å²) < 4.78 is 5.33. The van der Waals surface area contributed by atoms with Crippen molar-refractivity contribution in [2.45, 2.75) is 12.5 Å². The molecule has 0 bridgehead atoms. The zero-order valence-corrected chi connectivity index (χ0v) is 17.3. The van der Waals surface area contributed by atoms with Gasteiger partial charge in [-0.3, -0.25) is 25.0 Å². The number of amides is 1. The predicted molar refractivity (Wildman–Crippen MR) is 115 cm³/mol. The van der Waals surface area contributed by atoms with E-state index in [9.17, 15) is 29.8 Å². The number of hydrogen-bond donors (Lipinski definition) is 1. The van der Waals surface area contributed by atoms with Gasteiger partial charge in [0.2, 0.25) is 0 Å². The molecular weight excluding hydrogens is 438 g/mol. The number of esters is 1. The Kier molecular flexibility index (Phi) is 7.24. The van der Waals surface area contributed by atoms with E-state index in [1.807, 2.05) is 16.8 Å². The Morgan fingerprint density at radius 1 is 1.00 bits per heavy atom. The number of ether oxygens (including phenoxy) is 1. The second kappa shape index (κ2) is 10.3. The van der Waals surface area contributed by atoms with Crippen LogP contribution in [0.5, 0.6) is 0 Å². The molecule has 11 heteroatoms. The van der Waals surface area contributed by atoms with Crippen molar-refractivity contribution >= 4 is 34.6 Å². The van der Waals surface area contributed by atoms with E-state index in [4.69, 9.17) is 4.74 Å². The largest absolute Gasteiger partial charge is 0.464 e. The molecule has 0 unspecified atom stereocenters. The van der Waals surface area contributed by atoms with Gasteiger partial charge in [0.15, 0.2) is 6.04 Å². The van der Waals surface area contributed by atoms with Crippen LogP contribution in [0.4, 0.5) is 11.4 Å².